The van der Waals surface area contributed by atoms with Crippen molar-refractivity contribution >= 4 is 23.8 Å². The van der Waals surface area contributed by atoms with Crippen LogP contribution in [0.2, 0.25) is 0 Å². The summed E-state index contributed by atoms with van der Waals surface area (Å²) in [6.07, 6.45) is -4.94. The molecule has 0 aromatic heterocycles. The molecular formula is C29H34F5N3O7. The molecule has 15 heteroatoms. The number of carbonyl (C=O) groups excluding carboxylic acids is 2. The van der Waals surface area contributed by atoms with Gasteiger partial charge in [-0.1, -0.05) is 26.0 Å². The third-order valence-electron chi connectivity index (χ3n) is 6.55. The number of ether oxygens (including phenoxy) is 1. The smallest absolute Gasteiger partial charge is 0.478 e. The molecule has 0 saturated carbocycles. The summed E-state index contributed by atoms with van der Waals surface area (Å²) in [5, 5.41) is 19.2. The Morgan fingerprint density at radius 2 is 1.68 bits per heavy atom. The largest absolute Gasteiger partial charge is 0.490 e. The lowest BCUT2D eigenvalue weighted by molar-refractivity contribution is -0.192. The normalized spacial score (nSPS) is 16.0. The quantitative estimate of drug-likeness (QED) is 0.274. The second-order valence-corrected chi connectivity index (χ2v) is 10.4. The first-order valence-corrected chi connectivity index (χ1v) is 13.5. The lowest BCUT2D eigenvalue weighted by Crippen LogP contribution is -2.47. The fourth-order valence-electron chi connectivity index (χ4n) is 4.34. The van der Waals surface area contributed by atoms with Crippen LogP contribution in [0, 0.1) is 17.6 Å². The highest BCUT2D eigenvalue weighted by Gasteiger charge is 2.38. The molecule has 1 unspecified atom stereocenters. The number of nitrogens with one attached hydrogen (secondary N) is 1. The number of benzene rings is 2. The molecule has 2 amide bonds. The van der Waals surface area contributed by atoms with E-state index in [0.29, 0.717) is 25.1 Å². The fourth-order valence-corrected chi connectivity index (χ4v) is 4.34. The van der Waals surface area contributed by atoms with Crippen LogP contribution in [-0.2, 0) is 32.1 Å². The van der Waals surface area contributed by atoms with Gasteiger partial charge in [-0.05, 0) is 60.7 Å². The first-order chi connectivity index (χ1) is 20.5. The summed E-state index contributed by atoms with van der Waals surface area (Å²) in [4.78, 5) is 47.4. The summed E-state index contributed by atoms with van der Waals surface area (Å²) in [7, 11) is 0. The van der Waals surface area contributed by atoms with E-state index in [1.54, 1.807) is 38.1 Å². The number of aliphatic carboxylic acids is 2. The van der Waals surface area contributed by atoms with Crippen molar-refractivity contribution in [3.05, 3.63) is 65.2 Å². The van der Waals surface area contributed by atoms with Gasteiger partial charge in [-0.3, -0.25) is 9.59 Å². The Hall–Kier alpha value is -4.27. The zero-order valence-corrected chi connectivity index (χ0v) is 23.9. The van der Waals surface area contributed by atoms with E-state index in [0.717, 1.165) is 23.8 Å². The molecule has 3 rings (SSSR count). The van der Waals surface area contributed by atoms with Gasteiger partial charge < -0.3 is 30.9 Å². The van der Waals surface area contributed by atoms with Crippen LogP contribution in [0.25, 0.3) is 0 Å². The minimum absolute atomic E-state index is 0.00409. The van der Waals surface area contributed by atoms with E-state index in [1.165, 1.54) is 4.90 Å². The van der Waals surface area contributed by atoms with E-state index >= 15 is 0 Å². The van der Waals surface area contributed by atoms with Gasteiger partial charge in [0.15, 0.2) is 6.10 Å². The Kier molecular flexibility index (Phi) is 13.1. The topological polar surface area (TPSA) is 159 Å². The lowest BCUT2D eigenvalue weighted by Gasteiger charge is -2.25. The Labute approximate surface area is 250 Å². The lowest BCUT2D eigenvalue weighted by atomic mass is 10.0. The highest BCUT2D eigenvalue weighted by Crippen LogP contribution is 2.21. The third kappa shape index (κ3) is 11.1. The van der Waals surface area contributed by atoms with Gasteiger partial charge >= 0.3 is 18.1 Å². The molecule has 0 radical (unpaired) electrons. The Balaban J connectivity index is 0.000000860. The predicted molar refractivity (Wildman–Crippen MR) is 146 cm³/mol. The minimum atomic E-state index is -5.08. The van der Waals surface area contributed by atoms with Crippen molar-refractivity contribution in [1.82, 2.24) is 10.2 Å². The van der Waals surface area contributed by atoms with Crippen molar-refractivity contribution in [3.63, 3.8) is 0 Å². The molecule has 0 bridgehead atoms. The van der Waals surface area contributed by atoms with E-state index in [9.17, 15) is 41.4 Å². The second kappa shape index (κ2) is 16.0. The molecule has 3 atom stereocenters. The number of carboxylic acids is 2. The van der Waals surface area contributed by atoms with Crippen LogP contribution in [0.1, 0.15) is 44.2 Å². The average Bonchev–Trinajstić information content (AvgIpc) is 3.43. The maximum Gasteiger partial charge on any atom is 0.490 e. The summed E-state index contributed by atoms with van der Waals surface area (Å²) in [5.41, 5.74) is 6.94. The Morgan fingerprint density at radius 1 is 1.07 bits per heavy atom. The molecule has 1 heterocycles. The molecule has 2 aromatic rings. The highest BCUT2D eigenvalue weighted by atomic mass is 19.4. The van der Waals surface area contributed by atoms with Crippen molar-refractivity contribution in [3.8, 4) is 5.75 Å². The molecule has 1 saturated heterocycles. The number of carbonyl (C=O) groups is 4. The number of hydrogen-bond donors (Lipinski definition) is 4. The number of hydrogen-bond acceptors (Lipinski definition) is 6. The molecule has 0 aliphatic carbocycles. The molecule has 1 fully saturated rings. The number of likely N-dealkylation sites (tertiary alicyclic amines) is 1. The number of nitrogens with two attached hydrogens (primary N) is 1. The first-order valence-electron chi connectivity index (χ1n) is 13.5. The molecule has 44 heavy (non-hydrogen) atoms. The van der Waals surface area contributed by atoms with Crippen LogP contribution in [0.4, 0.5) is 22.0 Å². The molecular weight excluding hydrogens is 597 g/mol. The molecule has 2 aromatic carbocycles. The van der Waals surface area contributed by atoms with Gasteiger partial charge in [-0.15, -0.1) is 0 Å². The second-order valence-electron chi connectivity index (χ2n) is 10.4. The molecule has 1 aliphatic rings. The van der Waals surface area contributed by atoms with Crippen molar-refractivity contribution < 1.29 is 56.1 Å². The number of amides is 2. The van der Waals surface area contributed by atoms with Crippen molar-refractivity contribution in [2.45, 2.75) is 70.4 Å². The summed E-state index contributed by atoms with van der Waals surface area (Å²) in [6.45, 7) is 4.17. The average molecular weight is 632 g/mol. The summed E-state index contributed by atoms with van der Waals surface area (Å²) < 4.78 is 64.6. The maximum absolute atomic E-state index is 13.9. The van der Waals surface area contributed by atoms with Crippen molar-refractivity contribution in [2.75, 3.05) is 6.54 Å². The number of carboxylic acid groups (broad SMARTS) is 2. The van der Waals surface area contributed by atoms with Crippen LogP contribution in [0.15, 0.2) is 42.5 Å². The Bertz CT molecular complexity index is 1310. The third-order valence-corrected chi connectivity index (χ3v) is 6.55. The summed E-state index contributed by atoms with van der Waals surface area (Å²) in [5.74, 6) is -5.33. The SMILES string of the molecule is CC(C)[C@@H](Oc1ccc(CNC(=O)[C@@H]2CCCN2C(=O)CC(N)Cc2cc(F)ccc2F)cc1)C(=O)O.O=C(O)C(F)(F)F. The minimum Gasteiger partial charge on any atom is -0.478 e. The van der Waals surface area contributed by atoms with Crippen LogP contribution in [0.3, 0.4) is 0 Å². The van der Waals surface area contributed by atoms with Crippen LogP contribution in [-0.4, -0.2) is 69.8 Å². The molecule has 5 N–H and O–H groups in total. The van der Waals surface area contributed by atoms with Crippen molar-refractivity contribution in [2.24, 2.45) is 11.7 Å². The van der Waals surface area contributed by atoms with Gasteiger partial charge in [0.1, 0.15) is 23.4 Å². The Morgan fingerprint density at radius 3 is 2.23 bits per heavy atom. The van der Waals surface area contributed by atoms with E-state index in [4.69, 9.17) is 20.4 Å². The van der Waals surface area contributed by atoms with Gasteiger partial charge in [-0.25, -0.2) is 18.4 Å². The molecule has 242 valence electrons. The van der Waals surface area contributed by atoms with Crippen LogP contribution < -0.4 is 15.8 Å². The monoisotopic (exact) mass is 631 g/mol. The number of rotatable bonds is 11. The van der Waals surface area contributed by atoms with Gasteiger partial charge in [0, 0.05) is 31.5 Å². The maximum atomic E-state index is 13.9. The van der Waals surface area contributed by atoms with Crippen molar-refractivity contribution in [1.29, 1.82) is 0 Å². The number of alkyl halides is 3. The van der Waals surface area contributed by atoms with Gasteiger partial charge in [-0.2, -0.15) is 13.2 Å². The van der Waals surface area contributed by atoms with Gasteiger partial charge in [0.2, 0.25) is 11.8 Å². The standard InChI is InChI=1S/C27H33F2N3O5.C2HF3O2/c1-16(2)25(27(35)36)37-21-8-5-17(6-9-21)15-31-26(34)23-4-3-11-32(23)24(33)14-20(30)13-18-12-19(28)7-10-22(18)29;3-2(4,5)1(6)7/h5-10,12,16,20,23,25H,3-4,11,13-15,30H2,1-2H3,(H,31,34)(H,35,36);(H,6,7)/t20?,23-,25+;/m0./s1. The zero-order chi connectivity index (χ0) is 33.2. The van der Waals surface area contributed by atoms with E-state index in [-0.39, 0.29) is 42.7 Å². The fraction of sp³-hybridized carbons (Fsp3) is 0.448. The first kappa shape index (κ1) is 35.9. The van der Waals surface area contributed by atoms with Gasteiger partial charge in [0.05, 0.1) is 0 Å². The van der Waals surface area contributed by atoms with Crippen LogP contribution >= 0.6 is 0 Å². The highest BCUT2D eigenvalue weighted by molar-refractivity contribution is 5.88. The van der Waals surface area contributed by atoms with Gasteiger partial charge in [0.25, 0.3) is 0 Å². The molecule has 10 nitrogen and oxygen atoms in total. The molecule has 1 aliphatic heterocycles. The number of halogens is 5. The van der Waals surface area contributed by atoms with E-state index < -0.39 is 47.9 Å². The van der Waals surface area contributed by atoms with E-state index in [1.807, 2.05) is 0 Å². The summed E-state index contributed by atoms with van der Waals surface area (Å²) >= 11 is 0. The van der Waals surface area contributed by atoms with Crippen LogP contribution in [0.5, 0.6) is 5.75 Å². The molecule has 0 spiro atoms. The zero-order valence-electron chi connectivity index (χ0n) is 23.9. The number of nitrogens with zero attached hydrogens (tertiary/aromatic N) is 1. The summed E-state index contributed by atoms with van der Waals surface area (Å²) in [6, 6.07) is 8.53. The predicted octanol–water partition coefficient (Wildman–Crippen LogP) is 3.65. The van der Waals surface area contributed by atoms with E-state index in [2.05, 4.69) is 5.32 Å².